The topological polar surface area (TPSA) is 35.0 Å². The smallest absolute Gasteiger partial charge is 0.169 e. The van der Waals surface area contributed by atoms with E-state index in [2.05, 4.69) is 9.97 Å². The molecular weight excluding hydrogens is 304 g/mol. The van der Waals surface area contributed by atoms with Crippen LogP contribution in [0.5, 0.6) is 5.75 Å². The number of nitrogens with zero attached hydrogens (tertiary/aromatic N) is 2. The Labute approximate surface area is 131 Å². The summed E-state index contributed by atoms with van der Waals surface area (Å²) in [6.45, 7) is 2.27. The van der Waals surface area contributed by atoms with E-state index in [-0.39, 0.29) is 0 Å². The van der Waals surface area contributed by atoms with Gasteiger partial charge in [0, 0.05) is 10.9 Å². The number of hydrogen-bond donors (Lipinski definition) is 0. The molecule has 0 atom stereocenters. The highest BCUT2D eigenvalue weighted by atomic mass is 35.5. The molecule has 5 heteroatoms. The van der Waals surface area contributed by atoms with Gasteiger partial charge in [0.15, 0.2) is 5.82 Å². The van der Waals surface area contributed by atoms with Gasteiger partial charge in [-0.1, -0.05) is 42.0 Å². The van der Waals surface area contributed by atoms with Crippen LogP contribution >= 0.6 is 22.9 Å². The van der Waals surface area contributed by atoms with E-state index in [0.29, 0.717) is 17.6 Å². The third-order valence-corrected chi connectivity index (χ3v) is 4.04. The summed E-state index contributed by atoms with van der Waals surface area (Å²) in [6, 6.07) is 9.78. The molecule has 1 aromatic carbocycles. The molecule has 0 amide bonds. The number of ether oxygens (including phenoxy) is 1. The zero-order valence-electron chi connectivity index (χ0n) is 11.4. The lowest BCUT2D eigenvalue weighted by Gasteiger charge is -2.08. The SMILES string of the molecule is CC=Cc1ccccc1OCc1nc(Cl)c2ccsc2n1. The Morgan fingerprint density at radius 3 is 2.95 bits per heavy atom. The highest BCUT2D eigenvalue weighted by molar-refractivity contribution is 7.16. The lowest BCUT2D eigenvalue weighted by Crippen LogP contribution is -2.02. The molecule has 0 aliphatic carbocycles. The molecule has 0 unspecified atom stereocenters. The van der Waals surface area contributed by atoms with Crippen LogP contribution in [-0.4, -0.2) is 9.97 Å². The Balaban J connectivity index is 1.83. The summed E-state index contributed by atoms with van der Waals surface area (Å²) >= 11 is 7.70. The number of fused-ring (bicyclic) bond motifs is 1. The molecule has 0 fully saturated rings. The number of aromatic nitrogens is 2. The first-order valence-corrected chi connectivity index (χ1v) is 7.78. The van der Waals surface area contributed by atoms with E-state index in [9.17, 15) is 0 Å². The van der Waals surface area contributed by atoms with E-state index in [1.165, 1.54) is 0 Å². The summed E-state index contributed by atoms with van der Waals surface area (Å²) in [7, 11) is 0. The first-order valence-electron chi connectivity index (χ1n) is 6.52. The Morgan fingerprint density at radius 1 is 1.24 bits per heavy atom. The Hall–Kier alpha value is -1.91. The van der Waals surface area contributed by atoms with Crippen LogP contribution in [0.3, 0.4) is 0 Å². The van der Waals surface area contributed by atoms with Gasteiger partial charge < -0.3 is 4.74 Å². The third-order valence-electron chi connectivity index (χ3n) is 2.95. The minimum absolute atomic E-state index is 0.294. The van der Waals surface area contributed by atoms with Gasteiger partial charge in [0.2, 0.25) is 0 Å². The van der Waals surface area contributed by atoms with Gasteiger partial charge in [0.1, 0.15) is 22.3 Å². The molecule has 0 saturated carbocycles. The normalized spacial score (nSPS) is 11.3. The summed E-state index contributed by atoms with van der Waals surface area (Å²) in [6.07, 6.45) is 3.99. The van der Waals surface area contributed by atoms with Crippen molar-refractivity contribution in [2.24, 2.45) is 0 Å². The number of rotatable bonds is 4. The molecule has 0 bridgehead atoms. The Morgan fingerprint density at radius 2 is 2.10 bits per heavy atom. The fourth-order valence-electron chi connectivity index (χ4n) is 2.00. The maximum Gasteiger partial charge on any atom is 0.169 e. The first kappa shape index (κ1) is 14.0. The number of halogens is 1. The van der Waals surface area contributed by atoms with Crippen LogP contribution < -0.4 is 4.74 Å². The summed E-state index contributed by atoms with van der Waals surface area (Å²) in [5.74, 6) is 1.40. The molecule has 0 radical (unpaired) electrons. The van der Waals surface area contributed by atoms with E-state index >= 15 is 0 Å². The fourth-order valence-corrected chi connectivity index (χ4v) is 3.09. The second-order valence-corrected chi connectivity index (χ2v) is 5.65. The van der Waals surface area contributed by atoms with E-state index in [0.717, 1.165) is 21.5 Å². The van der Waals surface area contributed by atoms with Crippen molar-refractivity contribution < 1.29 is 4.74 Å². The second-order valence-electron chi connectivity index (χ2n) is 4.40. The van der Waals surface area contributed by atoms with Gasteiger partial charge in [-0.05, 0) is 24.4 Å². The lowest BCUT2D eigenvalue weighted by molar-refractivity contribution is 0.296. The Bertz CT molecular complexity index is 798. The van der Waals surface area contributed by atoms with Crippen molar-refractivity contribution in [3.05, 3.63) is 58.3 Å². The molecule has 21 heavy (non-hydrogen) atoms. The Kier molecular flexibility index (Phi) is 4.18. The average Bonchev–Trinajstić information content (AvgIpc) is 2.96. The maximum absolute atomic E-state index is 6.16. The highest BCUT2D eigenvalue weighted by Gasteiger charge is 2.08. The molecule has 0 aliphatic heterocycles. The van der Waals surface area contributed by atoms with E-state index in [1.807, 2.05) is 54.8 Å². The predicted octanol–water partition coefficient (Wildman–Crippen LogP) is 4.96. The van der Waals surface area contributed by atoms with Crippen molar-refractivity contribution in [3.8, 4) is 5.75 Å². The van der Waals surface area contributed by atoms with Crippen molar-refractivity contribution in [2.75, 3.05) is 0 Å². The van der Waals surface area contributed by atoms with E-state index < -0.39 is 0 Å². The summed E-state index contributed by atoms with van der Waals surface area (Å²) in [4.78, 5) is 9.63. The lowest BCUT2D eigenvalue weighted by atomic mass is 10.2. The number of allylic oxidation sites excluding steroid dienone is 1. The van der Waals surface area contributed by atoms with Gasteiger partial charge in [0.25, 0.3) is 0 Å². The predicted molar refractivity (Wildman–Crippen MR) is 87.9 cm³/mol. The summed E-state index contributed by atoms with van der Waals surface area (Å²) < 4.78 is 5.83. The number of para-hydroxylation sites is 1. The number of benzene rings is 1. The monoisotopic (exact) mass is 316 g/mol. The molecule has 0 spiro atoms. The molecule has 3 aromatic rings. The van der Waals surface area contributed by atoms with Crippen molar-refractivity contribution in [3.63, 3.8) is 0 Å². The molecule has 3 rings (SSSR count). The van der Waals surface area contributed by atoms with Crippen LogP contribution in [0.15, 0.2) is 41.8 Å². The van der Waals surface area contributed by atoms with Gasteiger partial charge in [-0.25, -0.2) is 9.97 Å². The van der Waals surface area contributed by atoms with Gasteiger partial charge >= 0.3 is 0 Å². The average molecular weight is 317 g/mol. The van der Waals surface area contributed by atoms with Gasteiger partial charge in [-0.3, -0.25) is 0 Å². The van der Waals surface area contributed by atoms with Gasteiger partial charge in [-0.2, -0.15) is 0 Å². The van der Waals surface area contributed by atoms with Crippen molar-refractivity contribution >= 4 is 39.2 Å². The number of hydrogen-bond acceptors (Lipinski definition) is 4. The van der Waals surface area contributed by atoms with Crippen LogP contribution in [0.4, 0.5) is 0 Å². The van der Waals surface area contributed by atoms with Crippen molar-refractivity contribution in [2.45, 2.75) is 13.5 Å². The van der Waals surface area contributed by atoms with Crippen LogP contribution in [0, 0.1) is 0 Å². The summed E-state index contributed by atoms with van der Waals surface area (Å²) in [5, 5.41) is 3.32. The minimum atomic E-state index is 0.294. The van der Waals surface area contributed by atoms with E-state index in [4.69, 9.17) is 16.3 Å². The molecule has 3 nitrogen and oxygen atoms in total. The second kappa shape index (κ2) is 6.24. The first-order chi connectivity index (χ1) is 10.3. The molecule has 0 N–H and O–H groups in total. The molecule has 106 valence electrons. The quantitative estimate of drug-likeness (QED) is 0.638. The molecular formula is C16H13ClN2OS. The van der Waals surface area contributed by atoms with Gasteiger partial charge in [0.05, 0.1) is 0 Å². The number of thiophene rings is 1. The van der Waals surface area contributed by atoms with Crippen LogP contribution in [-0.2, 0) is 6.61 Å². The molecule has 0 aliphatic rings. The van der Waals surface area contributed by atoms with Crippen molar-refractivity contribution in [1.82, 2.24) is 9.97 Å². The van der Waals surface area contributed by atoms with E-state index in [1.54, 1.807) is 11.3 Å². The van der Waals surface area contributed by atoms with Crippen molar-refractivity contribution in [1.29, 1.82) is 0 Å². The van der Waals surface area contributed by atoms with Crippen LogP contribution in [0.2, 0.25) is 5.15 Å². The van der Waals surface area contributed by atoms with Crippen LogP contribution in [0.1, 0.15) is 18.3 Å². The molecule has 0 saturated heterocycles. The van der Waals surface area contributed by atoms with Crippen LogP contribution in [0.25, 0.3) is 16.3 Å². The fraction of sp³-hybridized carbons (Fsp3) is 0.125. The molecule has 2 aromatic heterocycles. The third kappa shape index (κ3) is 3.06. The maximum atomic E-state index is 6.16. The standard InChI is InChI=1S/C16H13ClN2OS/c1-2-5-11-6-3-4-7-13(11)20-10-14-18-15(17)12-8-9-21-16(12)19-14/h2-9H,10H2,1H3. The summed E-state index contributed by atoms with van der Waals surface area (Å²) in [5.41, 5.74) is 1.03. The molecule has 2 heterocycles. The zero-order chi connectivity index (χ0) is 14.7. The van der Waals surface area contributed by atoms with Gasteiger partial charge in [-0.15, -0.1) is 11.3 Å². The minimum Gasteiger partial charge on any atom is -0.485 e. The zero-order valence-corrected chi connectivity index (χ0v) is 13.0. The highest BCUT2D eigenvalue weighted by Crippen LogP contribution is 2.25. The largest absolute Gasteiger partial charge is 0.485 e.